The van der Waals surface area contributed by atoms with Crippen LogP contribution in [0.15, 0.2) is 48.5 Å². The van der Waals surface area contributed by atoms with E-state index in [1.807, 2.05) is 6.92 Å². The van der Waals surface area contributed by atoms with Gasteiger partial charge in [-0.1, -0.05) is 12.1 Å². The van der Waals surface area contributed by atoms with Crippen molar-refractivity contribution in [1.82, 2.24) is 0 Å². The average Bonchev–Trinajstić information content (AvgIpc) is 2.65. The van der Waals surface area contributed by atoms with Gasteiger partial charge in [0.25, 0.3) is 5.69 Å². The Morgan fingerprint density at radius 3 is 2.63 bits per heavy atom. The molecule has 0 radical (unpaired) electrons. The number of carbonyl (C=O) groups is 2. The van der Waals surface area contributed by atoms with Crippen molar-refractivity contribution < 1.29 is 24.0 Å². The Morgan fingerprint density at radius 1 is 1.19 bits per heavy atom. The minimum absolute atomic E-state index is 0.0609. The summed E-state index contributed by atoms with van der Waals surface area (Å²) in [6.07, 6.45) is 2.62. The number of rotatable bonds is 8. The summed E-state index contributed by atoms with van der Waals surface area (Å²) in [6.45, 7) is 3.66. The number of nitrogens with zero attached hydrogens (tertiary/aromatic N) is 1. The first kappa shape index (κ1) is 19.8. The number of carbonyl (C=O) groups excluding carboxylic acids is 2. The third-order valence-electron chi connectivity index (χ3n) is 3.63. The molecule has 0 amide bonds. The predicted molar refractivity (Wildman–Crippen MR) is 99.5 cm³/mol. The number of benzene rings is 2. The first-order chi connectivity index (χ1) is 12.9. The molecule has 0 aliphatic carbocycles. The van der Waals surface area contributed by atoms with Crippen molar-refractivity contribution >= 4 is 23.5 Å². The largest absolute Gasteiger partial charge is 0.493 e. The second-order valence-electron chi connectivity index (χ2n) is 5.60. The van der Waals surface area contributed by atoms with Crippen LogP contribution in [0.25, 0.3) is 6.08 Å². The maximum absolute atomic E-state index is 11.9. The fraction of sp³-hybridized carbons (Fsp3) is 0.200. The molecule has 2 aromatic carbocycles. The lowest BCUT2D eigenvalue weighted by molar-refractivity contribution is -0.384. The van der Waals surface area contributed by atoms with Crippen molar-refractivity contribution in [3.8, 4) is 5.75 Å². The zero-order valence-corrected chi connectivity index (χ0v) is 15.0. The molecule has 7 heteroatoms. The molecule has 0 saturated heterocycles. The molecule has 0 fully saturated rings. The first-order valence-corrected chi connectivity index (χ1v) is 8.26. The minimum atomic E-state index is -0.614. The van der Waals surface area contributed by atoms with Gasteiger partial charge in [-0.25, -0.2) is 4.79 Å². The van der Waals surface area contributed by atoms with Gasteiger partial charge < -0.3 is 9.47 Å². The summed E-state index contributed by atoms with van der Waals surface area (Å²) in [5, 5.41) is 10.8. The van der Waals surface area contributed by atoms with Crippen molar-refractivity contribution in [1.29, 1.82) is 0 Å². The summed E-state index contributed by atoms with van der Waals surface area (Å²) in [4.78, 5) is 33.7. The van der Waals surface area contributed by atoms with Crippen LogP contribution in [0.2, 0.25) is 0 Å². The Bertz CT molecular complexity index is 888. The molecule has 0 atom stereocenters. The third kappa shape index (κ3) is 5.78. The van der Waals surface area contributed by atoms with E-state index in [1.165, 1.54) is 37.3 Å². The monoisotopic (exact) mass is 369 g/mol. The van der Waals surface area contributed by atoms with Gasteiger partial charge in [0.1, 0.15) is 12.4 Å². The van der Waals surface area contributed by atoms with Gasteiger partial charge in [-0.15, -0.1) is 0 Å². The topological polar surface area (TPSA) is 95.7 Å². The number of hydrogen-bond acceptors (Lipinski definition) is 6. The number of ketones is 1. The number of ether oxygens (including phenoxy) is 2. The smallest absolute Gasteiger partial charge is 0.331 e. The average molecular weight is 369 g/mol. The Morgan fingerprint density at radius 2 is 1.96 bits per heavy atom. The highest BCUT2D eigenvalue weighted by molar-refractivity contribution is 5.94. The molecular weight excluding hydrogens is 350 g/mol. The SMILES string of the molecule is CCOc1ccc(C(C)=O)cc1COC(=O)C=Cc1cccc([N+](=O)[O-])c1. The molecule has 0 aliphatic heterocycles. The normalized spacial score (nSPS) is 10.6. The Balaban J connectivity index is 2.06. The lowest BCUT2D eigenvalue weighted by Crippen LogP contribution is -2.05. The maximum atomic E-state index is 11.9. The molecule has 0 bridgehead atoms. The summed E-state index contributed by atoms with van der Waals surface area (Å²) in [5.41, 5.74) is 1.53. The second-order valence-corrected chi connectivity index (χ2v) is 5.60. The predicted octanol–water partition coefficient (Wildman–Crippen LogP) is 3.95. The first-order valence-electron chi connectivity index (χ1n) is 8.26. The number of nitro groups is 1. The number of hydrogen-bond donors (Lipinski definition) is 0. The molecule has 2 aromatic rings. The lowest BCUT2D eigenvalue weighted by Gasteiger charge is -2.11. The fourth-order valence-corrected chi connectivity index (χ4v) is 2.31. The standard InChI is InChI=1S/C20H19NO6/c1-3-26-19-9-8-16(14(2)22)12-17(19)13-27-20(23)10-7-15-5-4-6-18(11-15)21(24)25/h4-12H,3,13H2,1-2H3. The van der Waals surface area contributed by atoms with Gasteiger partial charge in [-0.3, -0.25) is 14.9 Å². The fourth-order valence-electron chi connectivity index (χ4n) is 2.31. The van der Waals surface area contributed by atoms with E-state index >= 15 is 0 Å². The van der Waals surface area contributed by atoms with Crippen LogP contribution in [0.4, 0.5) is 5.69 Å². The number of non-ortho nitro benzene ring substituents is 1. The molecule has 0 heterocycles. The van der Waals surface area contributed by atoms with E-state index in [0.29, 0.717) is 29.0 Å². The summed E-state index contributed by atoms with van der Waals surface area (Å²) in [7, 11) is 0. The van der Waals surface area contributed by atoms with Crippen LogP contribution in [-0.2, 0) is 16.1 Å². The molecule has 0 saturated carbocycles. The van der Waals surface area contributed by atoms with Gasteiger partial charge in [0, 0.05) is 29.3 Å². The summed E-state index contributed by atoms with van der Waals surface area (Å²) in [6, 6.07) is 10.8. The van der Waals surface area contributed by atoms with Crippen LogP contribution in [0.3, 0.4) is 0 Å². The molecule has 0 aromatic heterocycles. The van der Waals surface area contributed by atoms with E-state index in [0.717, 1.165) is 0 Å². The molecule has 0 spiro atoms. The zero-order chi connectivity index (χ0) is 19.8. The van der Waals surface area contributed by atoms with E-state index < -0.39 is 10.9 Å². The Kier molecular flexibility index (Phi) is 6.82. The highest BCUT2D eigenvalue weighted by Crippen LogP contribution is 2.22. The van der Waals surface area contributed by atoms with E-state index in [2.05, 4.69) is 0 Å². The van der Waals surface area contributed by atoms with E-state index in [-0.39, 0.29) is 18.1 Å². The van der Waals surface area contributed by atoms with Gasteiger partial charge >= 0.3 is 5.97 Å². The molecule has 27 heavy (non-hydrogen) atoms. The number of esters is 1. The van der Waals surface area contributed by atoms with Crippen molar-refractivity contribution in [3.63, 3.8) is 0 Å². The van der Waals surface area contributed by atoms with Gasteiger partial charge in [0.05, 0.1) is 11.5 Å². The molecule has 0 N–H and O–H groups in total. The third-order valence-corrected chi connectivity index (χ3v) is 3.63. The van der Waals surface area contributed by atoms with Crippen LogP contribution in [0.1, 0.15) is 35.3 Å². The van der Waals surface area contributed by atoms with Crippen LogP contribution in [-0.4, -0.2) is 23.3 Å². The Hall–Kier alpha value is -3.48. The van der Waals surface area contributed by atoms with Crippen LogP contribution in [0.5, 0.6) is 5.75 Å². The molecule has 140 valence electrons. The van der Waals surface area contributed by atoms with Gasteiger partial charge in [0.15, 0.2) is 5.78 Å². The number of Topliss-reactive ketones (excluding diaryl/α,β-unsaturated/α-hetero) is 1. The lowest BCUT2D eigenvalue weighted by atomic mass is 10.1. The molecule has 0 unspecified atom stereocenters. The highest BCUT2D eigenvalue weighted by Gasteiger charge is 2.10. The minimum Gasteiger partial charge on any atom is -0.493 e. The molecule has 0 aliphatic rings. The summed E-state index contributed by atoms with van der Waals surface area (Å²) in [5.74, 6) is -0.175. The molecular formula is C20H19NO6. The van der Waals surface area contributed by atoms with Crippen LogP contribution in [0, 0.1) is 10.1 Å². The van der Waals surface area contributed by atoms with Crippen molar-refractivity contribution in [3.05, 3.63) is 75.3 Å². The quantitative estimate of drug-likeness (QED) is 0.230. The van der Waals surface area contributed by atoms with Gasteiger partial charge in [-0.05, 0) is 43.7 Å². The van der Waals surface area contributed by atoms with E-state index in [1.54, 1.807) is 24.3 Å². The van der Waals surface area contributed by atoms with E-state index in [9.17, 15) is 19.7 Å². The highest BCUT2D eigenvalue weighted by atomic mass is 16.6. The zero-order valence-electron chi connectivity index (χ0n) is 15.0. The maximum Gasteiger partial charge on any atom is 0.331 e. The summed E-state index contributed by atoms with van der Waals surface area (Å²) >= 11 is 0. The molecule has 2 rings (SSSR count). The van der Waals surface area contributed by atoms with E-state index in [4.69, 9.17) is 9.47 Å². The second kappa shape index (κ2) is 9.28. The van der Waals surface area contributed by atoms with Crippen molar-refractivity contribution in [2.75, 3.05) is 6.61 Å². The Labute approximate surface area is 156 Å². The van der Waals surface area contributed by atoms with Gasteiger partial charge in [0.2, 0.25) is 0 Å². The summed E-state index contributed by atoms with van der Waals surface area (Å²) < 4.78 is 10.7. The number of nitro benzene ring substituents is 1. The molecule has 7 nitrogen and oxygen atoms in total. The van der Waals surface area contributed by atoms with Crippen LogP contribution >= 0.6 is 0 Å². The van der Waals surface area contributed by atoms with Gasteiger partial charge in [-0.2, -0.15) is 0 Å². The van der Waals surface area contributed by atoms with Crippen LogP contribution < -0.4 is 4.74 Å². The van der Waals surface area contributed by atoms with Crippen molar-refractivity contribution in [2.24, 2.45) is 0 Å². The van der Waals surface area contributed by atoms with Crippen molar-refractivity contribution in [2.45, 2.75) is 20.5 Å².